The van der Waals surface area contributed by atoms with E-state index >= 15 is 0 Å². The Kier molecular flexibility index (Phi) is 7.36. The van der Waals surface area contributed by atoms with Crippen LogP contribution in [-0.2, 0) is 4.79 Å². The molecule has 0 spiro atoms. The number of anilines is 1. The van der Waals surface area contributed by atoms with Crippen molar-refractivity contribution in [2.75, 3.05) is 25.0 Å². The zero-order valence-electron chi connectivity index (χ0n) is 18.5. The molecule has 1 saturated heterocycles. The van der Waals surface area contributed by atoms with E-state index in [0.29, 0.717) is 23.3 Å². The number of carbonyl (C=O) groups is 1. The molecular formula is C24H29BrClN5O. The van der Waals surface area contributed by atoms with E-state index < -0.39 is 0 Å². The maximum Gasteiger partial charge on any atom is 0.222 e. The molecule has 170 valence electrons. The second kappa shape index (κ2) is 10.2. The Hall–Kier alpha value is -2.12. The van der Waals surface area contributed by atoms with Gasteiger partial charge in [0, 0.05) is 42.7 Å². The normalized spacial score (nSPS) is 16.7. The largest absolute Gasteiger partial charge is 0.370 e. The van der Waals surface area contributed by atoms with Crippen molar-refractivity contribution in [1.82, 2.24) is 19.5 Å². The van der Waals surface area contributed by atoms with E-state index in [1.54, 1.807) is 10.7 Å². The molecule has 3 aromatic rings. The lowest BCUT2D eigenvalue weighted by atomic mass is 9.97. The zero-order valence-corrected chi connectivity index (χ0v) is 20.9. The van der Waals surface area contributed by atoms with Gasteiger partial charge in [-0.15, -0.1) is 0 Å². The van der Waals surface area contributed by atoms with Crippen LogP contribution in [-0.4, -0.2) is 45.0 Å². The van der Waals surface area contributed by atoms with Gasteiger partial charge in [-0.05, 0) is 53.1 Å². The summed E-state index contributed by atoms with van der Waals surface area (Å²) in [5.41, 5.74) is 2.41. The average molecular weight is 519 g/mol. The number of carbonyl (C=O) groups excluding carboxylic acids is 1. The standard InChI is InChI=1S/C24H29BrClN5O/c1-16(2)9-10-23(32)30-11-5-6-17(15-30)13-27-22-12-21(18-7-3-4-8-20(18)26)29-24-19(25)14-28-31(22)24/h3-4,7-8,12,14,16-17,27H,5-6,9-11,13,15H2,1-2H3. The third-order valence-electron chi connectivity index (χ3n) is 5.96. The monoisotopic (exact) mass is 517 g/mol. The van der Waals surface area contributed by atoms with Crippen molar-refractivity contribution in [2.24, 2.45) is 11.8 Å². The van der Waals surface area contributed by atoms with E-state index in [4.69, 9.17) is 16.6 Å². The van der Waals surface area contributed by atoms with Crippen molar-refractivity contribution in [1.29, 1.82) is 0 Å². The quantitative estimate of drug-likeness (QED) is 0.423. The van der Waals surface area contributed by atoms with Crippen molar-refractivity contribution in [3.8, 4) is 11.3 Å². The first-order valence-electron chi connectivity index (χ1n) is 11.2. The van der Waals surface area contributed by atoms with Gasteiger partial charge < -0.3 is 10.2 Å². The predicted molar refractivity (Wildman–Crippen MR) is 133 cm³/mol. The van der Waals surface area contributed by atoms with Gasteiger partial charge in [0.15, 0.2) is 5.65 Å². The molecular weight excluding hydrogens is 490 g/mol. The van der Waals surface area contributed by atoms with E-state index in [0.717, 1.165) is 66.1 Å². The van der Waals surface area contributed by atoms with Gasteiger partial charge >= 0.3 is 0 Å². The topological polar surface area (TPSA) is 62.5 Å². The van der Waals surface area contributed by atoms with Gasteiger partial charge in [-0.25, -0.2) is 4.98 Å². The first-order chi connectivity index (χ1) is 15.4. The molecule has 1 aromatic carbocycles. The summed E-state index contributed by atoms with van der Waals surface area (Å²) in [5, 5.41) is 8.70. The molecule has 1 aliphatic rings. The molecule has 32 heavy (non-hydrogen) atoms. The number of nitrogens with one attached hydrogen (secondary N) is 1. The summed E-state index contributed by atoms with van der Waals surface area (Å²) in [6.07, 6.45) is 5.50. The minimum Gasteiger partial charge on any atom is -0.370 e. The lowest BCUT2D eigenvalue weighted by Crippen LogP contribution is -2.41. The van der Waals surface area contributed by atoms with Crippen molar-refractivity contribution in [2.45, 2.75) is 39.5 Å². The molecule has 3 heterocycles. The summed E-state index contributed by atoms with van der Waals surface area (Å²) in [4.78, 5) is 19.4. The number of amides is 1. The molecule has 0 bridgehead atoms. The zero-order chi connectivity index (χ0) is 22.7. The van der Waals surface area contributed by atoms with Crippen LogP contribution < -0.4 is 5.32 Å². The van der Waals surface area contributed by atoms with Gasteiger partial charge in [0.25, 0.3) is 0 Å². The molecule has 0 aliphatic carbocycles. The van der Waals surface area contributed by atoms with Crippen LogP contribution in [0.4, 0.5) is 5.82 Å². The van der Waals surface area contributed by atoms with Gasteiger partial charge in [-0.1, -0.05) is 43.6 Å². The van der Waals surface area contributed by atoms with E-state index in [1.165, 1.54) is 0 Å². The highest BCUT2D eigenvalue weighted by molar-refractivity contribution is 9.10. The summed E-state index contributed by atoms with van der Waals surface area (Å²) in [6.45, 7) is 6.77. The number of nitrogens with zero attached hydrogens (tertiary/aromatic N) is 4. The van der Waals surface area contributed by atoms with Crippen LogP contribution in [0.2, 0.25) is 5.02 Å². The highest BCUT2D eigenvalue weighted by atomic mass is 79.9. The average Bonchev–Trinajstić information content (AvgIpc) is 3.17. The molecule has 1 aliphatic heterocycles. The number of benzene rings is 1. The molecule has 6 nitrogen and oxygen atoms in total. The van der Waals surface area contributed by atoms with Gasteiger partial charge in [0.1, 0.15) is 5.82 Å². The molecule has 0 radical (unpaired) electrons. The highest BCUT2D eigenvalue weighted by Gasteiger charge is 2.24. The molecule has 8 heteroatoms. The molecule has 1 fully saturated rings. The Labute approximate surface area is 202 Å². The molecule has 1 amide bonds. The van der Waals surface area contributed by atoms with Crippen LogP contribution >= 0.6 is 27.5 Å². The highest BCUT2D eigenvalue weighted by Crippen LogP contribution is 2.30. The Morgan fingerprint density at radius 3 is 2.94 bits per heavy atom. The number of halogens is 2. The number of piperidine rings is 1. The number of fused-ring (bicyclic) bond motifs is 1. The smallest absolute Gasteiger partial charge is 0.222 e. The number of aromatic nitrogens is 3. The van der Waals surface area contributed by atoms with Crippen molar-refractivity contribution in [3.63, 3.8) is 0 Å². The summed E-state index contributed by atoms with van der Waals surface area (Å²) >= 11 is 9.99. The minimum absolute atomic E-state index is 0.284. The fraction of sp³-hybridized carbons (Fsp3) is 0.458. The number of rotatable bonds is 7. The van der Waals surface area contributed by atoms with E-state index in [1.807, 2.05) is 35.2 Å². The number of hydrogen-bond acceptors (Lipinski definition) is 4. The van der Waals surface area contributed by atoms with Crippen LogP contribution in [0, 0.1) is 11.8 Å². The van der Waals surface area contributed by atoms with Gasteiger partial charge in [-0.2, -0.15) is 9.61 Å². The number of hydrogen-bond donors (Lipinski definition) is 1. The van der Waals surface area contributed by atoms with Crippen molar-refractivity contribution in [3.05, 3.63) is 46.0 Å². The Morgan fingerprint density at radius 2 is 2.16 bits per heavy atom. The maximum atomic E-state index is 12.6. The third kappa shape index (κ3) is 5.26. The van der Waals surface area contributed by atoms with Gasteiger partial charge in [0.2, 0.25) is 5.91 Å². The summed E-state index contributed by atoms with van der Waals surface area (Å²) < 4.78 is 2.63. The van der Waals surface area contributed by atoms with Crippen LogP contribution in [0.25, 0.3) is 16.9 Å². The van der Waals surface area contributed by atoms with E-state index in [-0.39, 0.29) is 5.91 Å². The third-order valence-corrected chi connectivity index (χ3v) is 6.85. The van der Waals surface area contributed by atoms with Crippen LogP contribution in [0.3, 0.4) is 0 Å². The first-order valence-corrected chi connectivity index (χ1v) is 12.4. The maximum absolute atomic E-state index is 12.6. The van der Waals surface area contributed by atoms with Crippen LogP contribution in [0.5, 0.6) is 0 Å². The Morgan fingerprint density at radius 1 is 1.34 bits per heavy atom. The molecule has 2 aromatic heterocycles. The predicted octanol–water partition coefficient (Wildman–Crippen LogP) is 5.90. The minimum atomic E-state index is 0.284. The lowest BCUT2D eigenvalue weighted by Gasteiger charge is -2.33. The fourth-order valence-electron chi connectivity index (χ4n) is 4.15. The molecule has 1 N–H and O–H groups in total. The van der Waals surface area contributed by atoms with Crippen molar-refractivity contribution >= 4 is 44.9 Å². The molecule has 1 unspecified atom stereocenters. The lowest BCUT2D eigenvalue weighted by molar-refractivity contribution is -0.133. The molecule has 0 saturated carbocycles. The Bertz CT molecular complexity index is 1100. The molecule has 4 rings (SSSR count). The Balaban J connectivity index is 1.50. The SMILES string of the molecule is CC(C)CCC(=O)N1CCCC(CNc2cc(-c3ccccc3Cl)nc3c(Br)cnn23)C1. The fourth-order valence-corrected chi connectivity index (χ4v) is 4.73. The first kappa shape index (κ1) is 23.1. The van der Waals surface area contributed by atoms with Crippen molar-refractivity contribution < 1.29 is 4.79 Å². The summed E-state index contributed by atoms with van der Waals surface area (Å²) in [5.74, 6) is 2.10. The summed E-state index contributed by atoms with van der Waals surface area (Å²) in [6, 6.07) is 9.70. The van der Waals surface area contributed by atoms with Crippen LogP contribution in [0.15, 0.2) is 41.0 Å². The van der Waals surface area contributed by atoms with Gasteiger partial charge in [0.05, 0.1) is 16.4 Å². The molecule has 1 atom stereocenters. The van der Waals surface area contributed by atoms with E-state index in [2.05, 4.69) is 40.2 Å². The van der Waals surface area contributed by atoms with Gasteiger partial charge in [-0.3, -0.25) is 4.79 Å². The summed E-state index contributed by atoms with van der Waals surface area (Å²) in [7, 11) is 0. The second-order valence-corrected chi connectivity index (χ2v) is 10.2. The second-order valence-electron chi connectivity index (χ2n) is 8.90. The number of likely N-dealkylation sites (tertiary alicyclic amines) is 1. The van der Waals surface area contributed by atoms with Crippen LogP contribution in [0.1, 0.15) is 39.5 Å². The van der Waals surface area contributed by atoms with E-state index in [9.17, 15) is 4.79 Å².